The first-order chi connectivity index (χ1) is 12.8. The molecule has 5 rings (SSSR count). The van der Waals surface area contributed by atoms with E-state index in [9.17, 15) is 0 Å². The SMILES string of the molecule is Clc1ccc(-c2ccc3c(c2)-c2ccccc2C3c2ccccc2)cc1. The summed E-state index contributed by atoms with van der Waals surface area (Å²) in [7, 11) is 0. The Labute approximate surface area is 158 Å². The summed E-state index contributed by atoms with van der Waals surface area (Å²) in [5, 5.41) is 0.768. The molecule has 1 aliphatic rings. The van der Waals surface area contributed by atoms with Gasteiger partial charge in [-0.05, 0) is 57.1 Å². The predicted octanol–water partition coefficient (Wildman–Crippen LogP) is 7.17. The van der Waals surface area contributed by atoms with Crippen molar-refractivity contribution in [2.45, 2.75) is 5.92 Å². The van der Waals surface area contributed by atoms with E-state index in [4.69, 9.17) is 11.6 Å². The first-order valence-corrected chi connectivity index (χ1v) is 9.23. The molecule has 0 aliphatic heterocycles. The van der Waals surface area contributed by atoms with Crippen molar-refractivity contribution in [2.75, 3.05) is 0 Å². The molecule has 26 heavy (non-hydrogen) atoms. The molecule has 0 spiro atoms. The van der Waals surface area contributed by atoms with Gasteiger partial charge < -0.3 is 0 Å². The van der Waals surface area contributed by atoms with Gasteiger partial charge in [0.2, 0.25) is 0 Å². The first kappa shape index (κ1) is 15.4. The molecule has 4 aromatic carbocycles. The van der Waals surface area contributed by atoms with Crippen LogP contribution in [0.4, 0.5) is 0 Å². The number of fused-ring (bicyclic) bond motifs is 3. The number of rotatable bonds is 2. The molecule has 0 heterocycles. The molecule has 0 bridgehead atoms. The molecule has 0 amide bonds. The van der Waals surface area contributed by atoms with Crippen molar-refractivity contribution in [1.29, 1.82) is 0 Å². The van der Waals surface area contributed by atoms with Crippen LogP contribution in [0.1, 0.15) is 22.6 Å². The summed E-state index contributed by atoms with van der Waals surface area (Å²) < 4.78 is 0. The highest BCUT2D eigenvalue weighted by Gasteiger charge is 2.29. The average Bonchev–Trinajstić information content (AvgIpc) is 3.03. The summed E-state index contributed by atoms with van der Waals surface area (Å²) in [4.78, 5) is 0. The van der Waals surface area contributed by atoms with Gasteiger partial charge in [0.25, 0.3) is 0 Å². The van der Waals surface area contributed by atoms with E-state index in [1.54, 1.807) is 0 Å². The van der Waals surface area contributed by atoms with E-state index >= 15 is 0 Å². The number of halogens is 1. The molecule has 124 valence electrons. The van der Waals surface area contributed by atoms with Gasteiger partial charge in [-0.25, -0.2) is 0 Å². The monoisotopic (exact) mass is 352 g/mol. The smallest absolute Gasteiger partial charge is 0.0406 e. The fourth-order valence-corrected chi connectivity index (χ4v) is 4.16. The van der Waals surface area contributed by atoms with E-state index in [0.29, 0.717) is 5.92 Å². The zero-order valence-corrected chi connectivity index (χ0v) is 14.9. The number of benzene rings is 4. The quantitative estimate of drug-likeness (QED) is 0.316. The largest absolute Gasteiger partial charge is 0.0843 e. The van der Waals surface area contributed by atoms with Crippen molar-refractivity contribution in [1.82, 2.24) is 0 Å². The summed E-state index contributed by atoms with van der Waals surface area (Å²) in [6, 6.07) is 34.4. The van der Waals surface area contributed by atoms with Crippen LogP contribution in [0.25, 0.3) is 22.3 Å². The van der Waals surface area contributed by atoms with Crippen molar-refractivity contribution in [2.24, 2.45) is 0 Å². The van der Waals surface area contributed by atoms with Gasteiger partial charge in [-0.2, -0.15) is 0 Å². The maximum absolute atomic E-state index is 6.05. The molecule has 1 unspecified atom stereocenters. The second kappa shape index (κ2) is 6.16. The molecule has 1 aliphatic carbocycles. The summed E-state index contributed by atoms with van der Waals surface area (Å²) in [5.41, 5.74) is 9.21. The molecule has 0 aromatic heterocycles. The minimum atomic E-state index is 0.307. The highest BCUT2D eigenvalue weighted by atomic mass is 35.5. The van der Waals surface area contributed by atoms with Gasteiger partial charge >= 0.3 is 0 Å². The topological polar surface area (TPSA) is 0 Å². The molecule has 4 aromatic rings. The van der Waals surface area contributed by atoms with Gasteiger partial charge in [-0.1, -0.05) is 90.5 Å². The van der Waals surface area contributed by atoms with Crippen LogP contribution in [0.5, 0.6) is 0 Å². The second-order valence-electron chi connectivity index (χ2n) is 6.74. The number of hydrogen-bond donors (Lipinski definition) is 0. The Kier molecular flexibility index (Phi) is 3.65. The molecular weight excluding hydrogens is 336 g/mol. The fraction of sp³-hybridized carbons (Fsp3) is 0.0400. The van der Waals surface area contributed by atoms with Gasteiger partial charge in [0.05, 0.1) is 0 Å². The van der Waals surface area contributed by atoms with Crippen LogP contribution in [0.15, 0.2) is 97.1 Å². The maximum atomic E-state index is 6.05. The van der Waals surface area contributed by atoms with E-state index in [0.717, 1.165) is 5.02 Å². The Hall–Kier alpha value is -2.83. The standard InChI is InChI=1S/C25H17Cl/c26-20-13-10-17(11-14-20)19-12-15-23-24(16-19)21-8-4-5-9-22(21)25(23)18-6-2-1-3-7-18/h1-16,25H. The third-order valence-electron chi connectivity index (χ3n) is 5.24. The third-order valence-corrected chi connectivity index (χ3v) is 5.49. The van der Waals surface area contributed by atoms with Crippen LogP contribution in [-0.4, -0.2) is 0 Å². The van der Waals surface area contributed by atoms with Crippen molar-refractivity contribution >= 4 is 11.6 Å². The Morgan fingerprint density at radius 3 is 2.00 bits per heavy atom. The summed E-state index contributed by atoms with van der Waals surface area (Å²) in [6.07, 6.45) is 0. The Bertz CT molecular complexity index is 1080. The lowest BCUT2D eigenvalue weighted by Gasteiger charge is -2.14. The Morgan fingerprint density at radius 2 is 1.19 bits per heavy atom. The van der Waals surface area contributed by atoms with Crippen LogP contribution >= 0.6 is 11.6 Å². The van der Waals surface area contributed by atoms with Crippen LogP contribution in [0.2, 0.25) is 5.02 Å². The lowest BCUT2D eigenvalue weighted by atomic mass is 9.89. The van der Waals surface area contributed by atoms with E-state index in [2.05, 4.69) is 84.9 Å². The van der Waals surface area contributed by atoms with Crippen molar-refractivity contribution < 1.29 is 0 Å². The van der Waals surface area contributed by atoms with E-state index in [-0.39, 0.29) is 0 Å². The van der Waals surface area contributed by atoms with Crippen LogP contribution in [0.3, 0.4) is 0 Å². The normalized spacial score (nSPS) is 14.7. The fourth-order valence-electron chi connectivity index (χ4n) is 4.03. The maximum Gasteiger partial charge on any atom is 0.0406 e. The lowest BCUT2D eigenvalue weighted by Crippen LogP contribution is -1.98. The second-order valence-corrected chi connectivity index (χ2v) is 7.18. The van der Waals surface area contributed by atoms with Gasteiger partial charge in [0.1, 0.15) is 0 Å². The predicted molar refractivity (Wildman–Crippen MR) is 110 cm³/mol. The molecule has 0 saturated carbocycles. The molecular formula is C25H17Cl. The van der Waals surface area contributed by atoms with Gasteiger partial charge in [0.15, 0.2) is 0 Å². The summed E-state index contributed by atoms with van der Waals surface area (Å²) in [6.45, 7) is 0. The lowest BCUT2D eigenvalue weighted by molar-refractivity contribution is 1.02. The Morgan fingerprint density at radius 1 is 0.538 bits per heavy atom. The highest BCUT2D eigenvalue weighted by molar-refractivity contribution is 6.30. The van der Waals surface area contributed by atoms with Gasteiger partial charge in [-0.15, -0.1) is 0 Å². The third kappa shape index (κ3) is 2.46. The minimum absolute atomic E-state index is 0.307. The van der Waals surface area contributed by atoms with Crippen molar-refractivity contribution in [3.63, 3.8) is 0 Å². The molecule has 0 radical (unpaired) electrons. The van der Waals surface area contributed by atoms with Crippen molar-refractivity contribution in [3.8, 4) is 22.3 Å². The zero-order chi connectivity index (χ0) is 17.5. The molecule has 1 heteroatoms. The van der Waals surface area contributed by atoms with E-state index < -0.39 is 0 Å². The van der Waals surface area contributed by atoms with Crippen molar-refractivity contribution in [3.05, 3.63) is 119 Å². The molecule has 0 saturated heterocycles. The average molecular weight is 353 g/mol. The Balaban J connectivity index is 1.70. The van der Waals surface area contributed by atoms with E-state index in [1.807, 2.05) is 12.1 Å². The first-order valence-electron chi connectivity index (χ1n) is 8.85. The summed E-state index contributed by atoms with van der Waals surface area (Å²) in [5.74, 6) is 0.307. The number of hydrogen-bond acceptors (Lipinski definition) is 0. The molecule has 1 atom stereocenters. The van der Waals surface area contributed by atoms with Crippen LogP contribution in [0, 0.1) is 0 Å². The van der Waals surface area contributed by atoms with Crippen LogP contribution < -0.4 is 0 Å². The summed E-state index contributed by atoms with van der Waals surface area (Å²) >= 11 is 6.05. The zero-order valence-electron chi connectivity index (χ0n) is 14.2. The highest BCUT2D eigenvalue weighted by Crippen LogP contribution is 2.48. The van der Waals surface area contributed by atoms with Gasteiger partial charge in [0, 0.05) is 10.9 Å². The molecule has 0 N–H and O–H groups in total. The molecule has 0 fully saturated rings. The van der Waals surface area contributed by atoms with Crippen LogP contribution in [-0.2, 0) is 0 Å². The van der Waals surface area contributed by atoms with Gasteiger partial charge in [-0.3, -0.25) is 0 Å². The molecule has 0 nitrogen and oxygen atoms in total. The van der Waals surface area contributed by atoms with E-state index in [1.165, 1.54) is 38.9 Å². The minimum Gasteiger partial charge on any atom is -0.0843 e.